The molecule has 1 N–H and O–H groups in total. The van der Waals surface area contributed by atoms with Crippen LogP contribution in [0.25, 0.3) is 11.0 Å². The number of carbonyl (C=O) groups is 1. The highest BCUT2D eigenvalue weighted by atomic mass is 16.2. The largest absolute Gasteiger partial charge is 0.342 e. The highest BCUT2D eigenvalue weighted by Gasteiger charge is 2.23. The lowest BCUT2D eigenvalue weighted by Crippen LogP contribution is -2.39. The van der Waals surface area contributed by atoms with Crippen molar-refractivity contribution in [3.8, 4) is 6.07 Å². The molecule has 3 aromatic rings. The van der Waals surface area contributed by atoms with Gasteiger partial charge in [-0.15, -0.1) is 0 Å². The van der Waals surface area contributed by atoms with Crippen LogP contribution in [0.3, 0.4) is 0 Å². The molecule has 1 aliphatic rings. The molecule has 0 saturated heterocycles. The quantitative estimate of drug-likeness (QED) is 0.770. The van der Waals surface area contributed by atoms with Gasteiger partial charge in [-0.25, -0.2) is 4.98 Å². The highest BCUT2D eigenvalue weighted by molar-refractivity contribution is 5.80. The number of benzene rings is 1. The summed E-state index contributed by atoms with van der Waals surface area (Å²) >= 11 is 0. The van der Waals surface area contributed by atoms with E-state index in [9.17, 15) is 4.79 Å². The number of imidazole rings is 1. The van der Waals surface area contributed by atoms with Gasteiger partial charge in [-0.1, -0.05) is 12.1 Å². The molecule has 114 valence electrons. The van der Waals surface area contributed by atoms with Crippen LogP contribution in [0.2, 0.25) is 0 Å². The summed E-state index contributed by atoms with van der Waals surface area (Å²) in [5, 5.41) is 13.1. The summed E-state index contributed by atoms with van der Waals surface area (Å²) in [6.07, 6.45) is 0.244. The van der Waals surface area contributed by atoms with E-state index in [1.165, 1.54) is 0 Å². The maximum atomic E-state index is 12.5. The Bertz CT molecular complexity index is 899. The normalized spacial score (nSPS) is 13.8. The van der Waals surface area contributed by atoms with E-state index >= 15 is 0 Å². The number of aromatic nitrogens is 4. The molecular weight excluding hydrogens is 292 g/mol. The molecule has 2 aromatic heterocycles. The van der Waals surface area contributed by atoms with Crippen LogP contribution < -0.4 is 0 Å². The van der Waals surface area contributed by atoms with E-state index in [0.29, 0.717) is 31.2 Å². The second-order valence-electron chi connectivity index (χ2n) is 5.55. The molecule has 1 aromatic carbocycles. The second-order valence-corrected chi connectivity index (χ2v) is 5.55. The minimum Gasteiger partial charge on any atom is -0.342 e. The third-order valence-corrected chi connectivity index (χ3v) is 4.02. The van der Waals surface area contributed by atoms with Gasteiger partial charge in [0.25, 0.3) is 0 Å². The van der Waals surface area contributed by atoms with Crippen molar-refractivity contribution in [2.75, 3.05) is 6.54 Å². The Hall–Kier alpha value is -3.14. The SMILES string of the molecule is N#Cc1cc2n(n1)CCN(C(=O)Cc1nc3ccccc3[nH]1)C2. The number of nitrogens with zero attached hydrogens (tertiary/aromatic N) is 5. The van der Waals surface area contributed by atoms with Crippen LogP contribution >= 0.6 is 0 Å². The Labute approximate surface area is 132 Å². The third-order valence-electron chi connectivity index (χ3n) is 4.02. The highest BCUT2D eigenvalue weighted by Crippen LogP contribution is 2.16. The number of hydrogen-bond acceptors (Lipinski definition) is 4. The number of nitrogens with one attached hydrogen (secondary N) is 1. The zero-order valence-electron chi connectivity index (χ0n) is 12.4. The standard InChI is InChI=1S/C16H14N6O/c17-9-11-7-12-10-21(5-6-22(12)20-11)16(23)8-15-18-13-3-1-2-4-14(13)19-15/h1-4,7H,5-6,8,10H2,(H,18,19). The van der Waals surface area contributed by atoms with Gasteiger partial charge >= 0.3 is 0 Å². The molecule has 3 heterocycles. The Morgan fingerprint density at radius 3 is 3.04 bits per heavy atom. The van der Waals surface area contributed by atoms with Gasteiger partial charge in [-0.05, 0) is 18.2 Å². The van der Waals surface area contributed by atoms with Crippen molar-refractivity contribution in [1.82, 2.24) is 24.6 Å². The van der Waals surface area contributed by atoms with E-state index in [1.54, 1.807) is 15.6 Å². The molecular formula is C16H14N6O. The Balaban J connectivity index is 1.50. The topological polar surface area (TPSA) is 90.6 Å². The van der Waals surface area contributed by atoms with Crippen LogP contribution in [0.4, 0.5) is 0 Å². The summed E-state index contributed by atoms with van der Waals surface area (Å²) in [6, 6.07) is 11.5. The maximum absolute atomic E-state index is 12.5. The van der Waals surface area contributed by atoms with Crippen LogP contribution in [0.15, 0.2) is 30.3 Å². The van der Waals surface area contributed by atoms with E-state index in [2.05, 4.69) is 15.1 Å². The van der Waals surface area contributed by atoms with Crippen LogP contribution in [0.5, 0.6) is 0 Å². The van der Waals surface area contributed by atoms with E-state index < -0.39 is 0 Å². The first-order valence-electron chi connectivity index (χ1n) is 7.41. The van der Waals surface area contributed by atoms with Gasteiger partial charge in [-0.2, -0.15) is 10.4 Å². The van der Waals surface area contributed by atoms with Crippen LogP contribution in [0.1, 0.15) is 17.2 Å². The number of rotatable bonds is 2. The van der Waals surface area contributed by atoms with Crippen molar-refractivity contribution >= 4 is 16.9 Å². The molecule has 7 heteroatoms. The first-order valence-corrected chi connectivity index (χ1v) is 7.41. The minimum atomic E-state index is 0.0232. The lowest BCUT2D eigenvalue weighted by atomic mass is 10.2. The van der Waals surface area contributed by atoms with Crippen LogP contribution in [-0.2, 0) is 24.3 Å². The van der Waals surface area contributed by atoms with Gasteiger partial charge in [0.1, 0.15) is 11.9 Å². The van der Waals surface area contributed by atoms with E-state index in [4.69, 9.17) is 5.26 Å². The molecule has 0 unspecified atom stereocenters. The number of aromatic amines is 1. The van der Waals surface area contributed by atoms with Gasteiger partial charge in [0, 0.05) is 6.54 Å². The lowest BCUT2D eigenvalue weighted by molar-refractivity contribution is -0.132. The summed E-state index contributed by atoms with van der Waals surface area (Å²) in [5.74, 6) is 0.697. The van der Waals surface area contributed by atoms with Crippen LogP contribution in [-0.4, -0.2) is 37.1 Å². The minimum absolute atomic E-state index is 0.0232. The van der Waals surface area contributed by atoms with Crippen LogP contribution in [0, 0.1) is 11.3 Å². The molecule has 7 nitrogen and oxygen atoms in total. The van der Waals surface area contributed by atoms with Gasteiger partial charge in [0.05, 0.1) is 36.2 Å². The monoisotopic (exact) mass is 306 g/mol. The molecule has 4 rings (SSSR count). The smallest absolute Gasteiger partial charge is 0.230 e. The predicted octanol–water partition coefficient (Wildman–Crippen LogP) is 1.22. The Kier molecular flexibility index (Phi) is 3.08. The van der Waals surface area contributed by atoms with Crippen molar-refractivity contribution in [2.24, 2.45) is 0 Å². The first kappa shape index (κ1) is 13.5. The van der Waals surface area contributed by atoms with Gasteiger partial charge in [-0.3, -0.25) is 9.48 Å². The van der Waals surface area contributed by atoms with E-state index in [0.717, 1.165) is 16.7 Å². The van der Waals surface area contributed by atoms with Gasteiger partial charge in [0.15, 0.2) is 5.69 Å². The maximum Gasteiger partial charge on any atom is 0.230 e. The Morgan fingerprint density at radius 2 is 2.22 bits per heavy atom. The number of hydrogen-bond donors (Lipinski definition) is 1. The lowest BCUT2D eigenvalue weighted by Gasteiger charge is -2.27. The number of fused-ring (bicyclic) bond motifs is 2. The van der Waals surface area contributed by atoms with Gasteiger partial charge < -0.3 is 9.88 Å². The molecule has 0 bridgehead atoms. The third kappa shape index (κ3) is 2.44. The number of H-pyrrole nitrogens is 1. The number of nitriles is 1. The molecule has 1 amide bonds. The fourth-order valence-electron chi connectivity index (χ4n) is 2.88. The summed E-state index contributed by atoms with van der Waals surface area (Å²) in [5.41, 5.74) is 3.09. The molecule has 0 spiro atoms. The number of para-hydroxylation sites is 2. The zero-order chi connectivity index (χ0) is 15.8. The van der Waals surface area contributed by atoms with E-state index in [1.807, 2.05) is 30.3 Å². The fourth-order valence-corrected chi connectivity index (χ4v) is 2.88. The van der Waals surface area contributed by atoms with Crippen molar-refractivity contribution in [3.63, 3.8) is 0 Å². The first-order chi connectivity index (χ1) is 11.2. The summed E-state index contributed by atoms with van der Waals surface area (Å²) in [6.45, 7) is 1.69. The average Bonchev–Trinajstić information content (AvgIpc) is 3.16. The van der Waals surface area contributed by atoms with E-state index in [-0.39, 0.29) is 12.3 Å². The number of carbonyl (C=O) groups excluding carboxylic acids is 1. The van der Waals surface area contributed by atoms with Gasteiger partial charge in [0.2, 0.25) is 5.91 Å². The predicted molar refractivity (Wildman–Crippen MR) is 82.2 cm³/mol. The number of amides is 1. The molecule has 0 radical (unpaired) electrons. The molecule has 0 saturated carbocycles. The van der Waals surface area contributed by atoms with Crippen molar-refractivity contribution < 1.29 is 4.79 Å². The molecule has 0 fully saturated rings. The van der Waals surface area contributed by atoms with Crippen molar-refractivity contribution in [1.29, 1.82) is 5.26 Å². The second kappa shape index (κ2) is 5.25. The fraction of sp³-hybridized carbons (Fsp3) is 0.250. The average molecular weight is 306 g/mol. The van der Waals surface area contributed by atoms with Crippen molar-refractivity contribution in [3.05, 3.63) is 47.5 Å². The molecule has 0 atom stereocenters. The molecule has 23 heavy (non-hydrogen) atoms. The molecule has 0 aliphatic carbocycles. The van der Waals surface area contributed by atoms with Crippen molar-refractivity contribution in [2.45, 2.75) is 19.5 Å². The molecule has 1 aliphatic heterocycles. The summed E-state index contributed by atoms with van der Waals surface area (Å²) in [4.78, 5) is 21.9. The zero-order valence-corrected chi connectivity index (χ0v) is 12.4. The summed E-state index contributed by atoms with van der Waals surface area (Å²) in [7, 11) is 0. The Morgan fingerprint density at radius 1 is 1.35 bits per heavy atom. The summed E-state index contributed by atoms with van der Waals surface area (Å²) < 4.78 is 1.80.